The van der Waals surface area contributed by atoms with Crippen LogP contribution >= 0.6 is 11.8 Å². The van der Waals surface area contributed by atoms with Gasteiger partial charge in [0, 0.05) is 20.0 Å². The second-order valence-electron chi connectivity index (χ2n) is 10.00. The summed E-state index contributed by atoms with van der Waals surface area (Å²) in [6.07, 6.45) is 4.95. The Labute approximate surface area is 245 Å². The lowest BCUT2D eigenvalue weighted by atomic mass is 9.74. The SMILES string of the molecule is COC(=O)CCn1nncc1C(SC(C)=O)C1=CCCN(C(c2ccccc2)(c2ccccc2)c2ccccc2)C1. The molecule has 8 heteroatoms. The number of thioether (sulfide) groups is 1. The van der Waals surface area contributed by atoms with Gasteiger partial charge in [-0.15, -0.1) is 5.10 Å². The van der Waals surface area contributed by atoms with Crippen LogP contribution < -0.4 is 0 Å². The van der Waals surface area contributed by atoms with Crippen molar-refractivity contribution in [2.45, 2.75) is 37.1 Å². The smallest absolute Gasteiger partial charge is 0.307 e. The number of nitrogens with zero attached hydrogens (tertiary/aromatic N) is 4. The second-order valence-corrected chi connectivity index (χ2v) is 11.3. The molecule has 2 heterocycles. The molecule has 7 nitrogen and oxygen atoms in total. The van der Waals surface area contributed by atoms with E-state index in [1.165, 1.54) is 35.6 Å². The van der Waals surface area contributed by atoms with Gasteiger partial charge in [-0.25, -0.2) is 4.68 Å². The molecule has 5 rings (SSSR count). The van der Waals surface area contributed by atoms with E-state index in [1.54, 1.807) is 17.8 Å². The first-order chi connectivity index (χ1) is 20.0. The molecule has 4 aromatic rings. The van der Waals surface area contributed by atoms with E-state index in [-0.39, 0.29) is 22.8 Å². The number of benzene rings is 3. The Hall–Kier alpha value is -4.01. The number of carbonyl (C=O) groups is 2. The number of carbonyl (C=O) groups excluding carboxylic acids is 2. The lowest BCUT2D eigenvalue weighted by Crippen LogP contribution is -2.50. The van der Waals surface area contributed by atoms with Gasteiger partial charge in [-0.2, -0.15) is 0 Å². The van der Waals surface area contributed by atoms with Crippen LogP contribution in [0.25, 0.3) is 0 Å². The third-order valence-electron chi connectivity index (χ3n) is 7.52. The number of rotatable bonds is 10. The predicted molar refractivity (Wildman–Crippen MR) is 161 cm³/mol. The molecule has 0 radical (unpaired) electrons. The zero-order valence-corrected chi connectivity index (χ0v) is 24.2. The normalized spacial score (nSPS) is 14.7. The predicted octanol–water partition coefficient (Wildman–Crippen LogP) is 5.79. The van der Waals surface area contributed by atoms with Crippen molar-refractivity contribution in [2.75, 3.05) is 20.2 Å². The summed E-state index contributed by atoms with van der Waals surface area (Å²) in [6.45, 7) is 3.38. The van der Waals surface area contributed by atoms with E-state index in [0.29, 0.717) is 13.1 Å². The number of aryl methyl sites for hydroxylation is 1. The molecular weight excluding hydrogens is 532 g/mol. The van der Waals surface area contributed by atoms with Crippen LogP contribution in [0.4, 0.5) is 0 Å². The zero-order chi connectivity index (χ0) is 28.7. The van der Waals surface area contributed by atoms with Gasteiger partial charge in [-0.3, -0.25) is 14.5 Å². The van der Waals surface area contributed by atoms with Crippen LogP contribution in [0.1, 0.15) is 47.4 Å². The minimum absolute atomic E-state index is 0.00850. The summed E-state index contributed by atoms with van der Waals surface area (Å²) >= 11 is 1.27. The molecule has 0 spiro atoms. The van der Waals surface area contributed by atoms with E-state index >= 15 is 0 Å². The third-order valence-corrected chi connectivity index (χ3v) is 8.63. The molecule has 1 aromatic heterocycles. The van der Waals surface area contributed by atoms with Crippen LogP contribution in [0.5, 0.6) is 0 Å². The maximum absolute atomic E-state index is 12.6. The largest absolute Gasteiger partial charge is 0.469 e. The molecule has 0 fully saturated rings. The summed E-state index contributed by atoms with van der Waals surface area (Å²) in [7, 11) is 1.37. The number of hydrogen-bond donors (Lipinski definition) is 0. The van der Waals surface area contributed by atoms with Gasteiger partial charge < -0.3 is 4.74 Å². The minimum Gasteiger partial charge on any atom is -0.469 e. The van der Waals surface area contributed by atoms with Crippen LogP contribution in [0.3, 0.4) is 0 Å². The van der Waals surface area contributed by atoms with Crippen LogP contribution in [0, 0.1) is 0 Å². The van der Waals surface area contributed by atoms with Gasteiger partial charge in [0.05, 0.1) is 42.8 Å². The van der Waals surface area contributed by atoms with Crippen LogP contribution in [-0.4, -0.2) is 51.2 Å². The van der Waals surface area contributed by atoms with Crippen LogP contribution in [0.2, 0.25) is 0 Å². The molecule has 0 N–H and O–H groups in total. The number of methoxy groups -OCH3 is 1. The standard InChI is InChI=1S/C33H34N4O3S/c1-25(38)41-32(30-23-34-35-37(30)22-20-31(39)40-2)26-13-12-21-36(24-26)33(27-14-6-3-7-15-27,28-16-8-4-9-17-28)29-18-10-5-11-19-29/h3-11,13-19,23,32H,12,20-22,24H2,1-2H3. The van der Waals surface area contributed by atoms with Crippen LogP contribution in [-0.2, 0) is 26.4 Å². The first kappa shape index (κ1) is 28.5. The lowest BCUT2D eigenvalue weighted by Gasteiger charge is -2.48. The van der Waals surface area contributed by atoms with Gasteiger partial charge in [-0.1, -0.05) is 114 Å². The van der Waals surface area contributed by atoms with Crippen molar-refractivity contribution in [3.05, 3.63) is 131 Å². The molecule has 1 unspecified atom stereocenters. The highest BCUT2D eigenvalue weighted by atomic mass is 32.2. The van der Waals surface area contributed by atoms with Crippen molar-refractivity contribution in [2.24, 2.45) is 0 Å². The van der Waals surface area contributed by atoms with Gasteiger partial charge in [-0.05, 0) is 28.7 Å². The van der Waals surface area contributed by atoms with Crippen molar-refractivity contribution in [3.8, 4) is 0 Å². The quantitative estimate of drug-likeness (QED) is 0.137. The number of ether oxygens (including phenoxy) is 1. The topological polar surface area (TPSA) is 77.3 Å². The van der Waals surface area contributed by atoms with Gasteiger partial charge >= 0.3 is 5.97 Å². The van der Waals surface area contributed by atoms with E-state index < -0.39 is 5.54 Å². The molecule has 0 amide bonds. The molecule has 1 aliphatic heterocycles. The molecule has 0 aliphatic carbocycles. The number of esters is 1. The summed E-state index contributed by atoms with van der Waals surface area (Å²) < 4.78 is 6.55. The second kappa shape index (κ2) is 13.1. The monoisotopic (exact) mass is 566 g/mol. The minimum atomic E-state index is -0.557. The first-order valence-corrected chi connectivity index (χ1v) is 14.6. The molecular formula is C33H34N4O3S. The zero-order valence-electron chi connectivity index (χ0n) is 23.3. The Morgan fingerprint density at radius 3 is 2.00 bits per heavy atom. The van der Waals surface area contributed by atoms with Crippen molar-refractivity contribution >= 4 is 22.8 Å². The summed E-state index contributed by atoms with van der Waals surface area (Å²) in [6, 6.07) is 31.9. The molecule has 3 aromatic carbocycles. The number of hydrogen-bond acceptors (Lipinski definition) is 7. The van der Waals surface area contributed by atoms with Gasteiger partial charge in [0.1, 0.15) is 0 Å². The Bertz CT molecular complexity index is 1390. The van der Waals surface area contributed by atoms with Gasteiger partial charge in [0.25, 0.3) is 0 Å². The average molecular weight is 567 g/mol. The molecule has 41 heavy (non-hydrogen) atoms. The van der Waals surface area contributed by atoms with E-state index in [1.807, 2.05) is 18.2 Å². The van der Waals surface area contributed by atoms with Gasteiger partial charge in [0.2, 0.25) is 0 Å². The fourth-order valence-electron chi connectivity index (χ4n) is 5.77. The van der Waals surface area contributed by atoms with Crippen molar-refractivity contribution in [1.82, 2.24) is 19.9 Å². The maximum Gasteiger partial charge on any atom is 0.307 e. The Morgan fingerprint density at radius 2 is 1.49 bits per heavy atom. The molecule has 1 atom stereocenters. The molecule has 210 valence electrons. The molecule has 0 bridgehead atoms. The highest BCUT2D eigenvalue weighted by Gasteiger charge is 2.43. The van der Waals surface area contributed by atoms with E-state index in [0.717, 1.165) is 24.2 Å². The van der Waals surface area contributed by atoms with Gasteiger partial charge in [0.15, 0.2) is 5.12 Å². The highest BCUT2D eigenvalue weighted by Crippen LogP contribution is 2.46. The molecule has 0 saturated carbocycles. The van der Waals surface area contributed by atoms with E-state index in [4.69, 9.17) is 4.74 Å². The lowest BCUT2D eigenvalue weighted by molar-refractivity contribution is -0.140. The Morgan fingerprint density at radius 1 is 0.927 bits per heavy atom. The highest BCUT2D eigenvalue weighted by molar-refractivity contribution is 8.13. The van der Waals surface area contributed by atoms with E-state index in [9.17, 15) is 9.59 Å². The number of aromatic nitrogens is 3. The third kappa shape index (κ3) is 6.04. The molecule has 1 aliphatic rings. The van der Waals surface area contributed by atoms with Crippen LogP contribution in [0.15, 0.2) is 109 Å². The Kier molecular flexibility index (Phi) is 9.11. The average Bonchev–Trinajstić information content (AvgIpc) is 3.49. The van der Waals surface area contributed by atoms with Crippen molar-refractivity contribution < 1.29 is 14.3 Å². The summed E-state index contributed by atoms with van der Waals surface area (Å²) in [4.78, 5) is 26.9. The summed E-state index contributed by atoms with van der Waals surface area (Å²) in [5.41, 5.74) is 4.90. The Balaban J connectivity index is 1.60. The van der Waals surface area contributed by atoms with Crippen molar-refractivity contribution in [1.29, 1.82) is 0 Å². The molecule has 0 saturated heterocycles. The van der Waals surface area contributed by atoms with E-state index in [2.05, 4.69) is 94.1 Å². The first-order valence-electron chi connectivity index (χ1n) is 13.8. The maximum atomic E-state index is 12.6. The fraction of sp³-hybridized carbons (Fsp3) is 0.273. The fourth-order valence-corrected chi connectivity index (χ4v) is 6.72. The summed E-state index contributed by atoms with van der Waals surface area (Å²) in [5, 5.41) is 8.12. The summed E-state index contributed by atoms with van der Waals surface area (Å²) in [5.74, 6) is -0.316. The van der Waals surface area contributed by atoms with Crippen molar-refractivity contribution in [3.63, 3.8) is 0 Å².